The normalized spacial score (nSPS) is 19.7. The zero-order valence-corrected chi connectivity index (χ0v) is 9.21. The van der Waals surface area contributed by atoms with Gasteiger partial charge in [-0.2, -0.15) is 0 Å². The first kappa shape index (κ1) is 11.1. The first-order valence-corrected chi connectivity index (χ1v) is 5.21. The van der Waals surface area contributed by atoms with Crippen LogP contribution in [0.5, 0.6) is 0 Å². The first-order chi connectivity index (χ1) is 6.79. The lowest BCUT2D eigenvalue weighted by Crippen LogP contribution is -2.42. The minimum absolute atomic E-state index is 1.07. The summed E-state index contributed by atoms with van der Waals surface area (Å²) in [6, 6.07) is 0. The van der Waals surface area contributed by atoms with E-state index < -0.39 is 0 Å². The number of rotatable bonds is 3. The fourth-order valence-corrected chi connectivity index (χ4v) is 1.78. The van der Waals surface area contributed by atoms with E-state index in [0.29, 0.717) is 0 Å². The van der Waals surface area contributed by atoms with Crippen molar-refractivity contribution in [2.75, 3.05) is 26.2 Å². The second kappa shape index (κ2) is 5.66. The number of hydrogen-bond donors (Lipinski definition) is 1. The summed E-state index contributed by atoms with van der Waals surface area (Å²) in [5, 5.41) is 3.35. The van der Waals surface area contributed by atoms with Crippen molar-refractivity contribution in [2.24, 2.45) is 0 Å². The van der Waals surface area contributed by atoms with E-state index >= 15 is 0 Å². The largest absolute Gasteiger partial charge is 0.369 e. The molecule has 1 N–H and O–H groups in total. The Morgan fingerprint density at radius 1 is 1.36 bits per heavy atom. The van der Waals surface area contributed by atoms with Gasteiger partial charge in [0.2, 0.25) is 0 Å². The summed E-state index contributed by atoms with van der Waals surface area (Å²) in [5.41, 5.74) is 2.56. The van der Waals surface area contributed by atoms with Gasteiger partial charge in [-0.3, -0.25) is 0 Å². The molecular weight excluding hydrogens is 172 g/mol. The minimum Gasteiger partial charge on any atom is -0.369 e. The van der Waals surface area contributed by atoms with Gasteiger partial charge < -0.3 is 10.2 Å². The van der Waals surface area contributed by atoms with Crippen molar-refractivity contribution in [2.45, 2.75) is 13.8 Å². The molecule has 0 amide bonds. The fourth-order valence-electron chi connectivity index (χ4n) is 1.78. The quantitative estimate of drug-likeness (QED) is 0.687. The van der Waals surface area contributed by atoms with Crippen LogP contribution in [0.25, 0.3) is 0 Å². The maximum atomic E-state index is 3.89. The Morgan fingerprint density at radius 2 is 2.00 bits per heavy atom. The van der Waals surface area contributed by atoms with Gasteiger partial charge in [0.05, 0.1) is 0 Å². The lowest BCUT2D eigenvalue weighted by atomic mass is 10.1. The molecule has 2 heteroatoms. The topological polar surface area (TPSA) is 15.3 Å². The summed E-state index contributed by atoms with van der Waals surface area (Å²) in [4.78, 5) is 2.39. The molecule has 0 unspecified atom stereocenters. The third kappa shape index (κ3) is 2.74. The molecule has 0 saturated carbocycles. The van der Waals surface area contributed by atoms with Crippen LogP contribution in [0.4, 0.5) is 0 Å². The molecule has 1 aliphatic heterocycles. The molecule has 0 spiro atoms. The van der Waals surface area contributed by atoms with Crippen LogP contribution in [0.3, 0.4) is 0 Å². The predicted octanol–water partition coefficient (Wildman–Crippen LogP) is 1.93. The molecule has 1 heterocycles. The summed E-state index contributed by atoms with van der Waals surface area (Å²) in [6.45, 7) is 12.4. The molecule has 1 fully saturated rings. The lowest BCUT2D eigenvalue weighted by molar-refractivity contribution is 0.305. The van der Waals surface area contributed by atoms with Crippen molar-refractivity contribution in [3.63, 3.8) is 0 Å². The third-order valence-corrected chi connectivity index (χ3v) is 2.47. The number of piperazine rings is 1. The molecule has 0 aromatic heterocycles. The molecule has 1 rings (SSSR count). The van der Waals surface area contributed by atoms with E-state index in [0.717, 1.165) is 26.2 Å². The number of allylic oxidation sites excluding steroid dienone is 4. The van der Waals surface area contributed by atoms with Gasteiger partial charge in [-0.1, -0.05) is 18.7 Å². The molecule has 0 radical (unpaired) electrons. The van der Waals surface area contributed by atoms with Crippen molar-refractivity contribution in [3.8, 4) is 0 Å². The van der Waals surface area contributed by atoms with E-state index in [9.17, 15) is 0 Å². The molecule has 0 aromatic carbocycles. The molecular formula is C12H20N2. The standard InChI is InChI=1S/C12H20N2/c1-4-6-11(3)12(5-2)14-9-7-13-8-10-14/h4-6,13H,2,7-10H2,1,3H3. The van der Waals surface area contributed by atoms with Crippen molar-refractivity contribution in [1.82, 2.24) is 10.2 Å². The van der Waals surface area contributed by atoms with Crippen molar-refractivity contribution in [3.05, 3.63) is 36.1 Å². The van der Waals surface area contributed by atoms with Crippen LogP contribution in [0.2, 0.25) is 0 Å². The van der Waals surface area contributed by atoms with Crippen LogP contribution in [0, 0.1) is 0 Å². The van der Waals surface area contributed by atoms with Crippen molar-refractivity contribution in [1.29, 1.82) is 0 Å². The molecule has 0 bridgehead atoms. The van der Waals surface area contributed by atoms with E-state index in [1.165, 1.54) is 11.3 Å². The summed E-state index contributed by atoms with van der Waals surface area (Å²) >= 11 is 0. The SMILES string of the molecule is C=CC(=C(C)C=CC)N1CCNCC1. The summed E-state index contributed by atoms with van der Waals surface area (Å²) in [7, 11) is 0. The van der Waals surface area contributed by atoms with Gasteiger partial charge in [-0.25, -0.2) is 0 Å². The van der Waals surface area contributed by atoms with Crippen LogP contribution in [-0.2, 0) is 0 Å². The fraction of sp³-hybridized carbons (Fsp3) is 0.500. The molecule has 78 valence electrons. The summed E-state index contributed by atoms with van der Waals surface area (Å²) in [5.74, 6) is 0. The van der Waals surface area contributed by atoms with Crippen molar-refractivity contribution >= 4 is 0 Å². The van der Waals surface area contributed by atoms with E-state index in [2.05, 4.69) is 35.9 Å². The highest BCUT2D eigenvalue weighted by molar-refractivity contribution is 5.29. The Labute approximate surface area is 87.0 Å². The molecule has 0 atom stereocenters. The molecule has 14 heavy (non-hydrogen) atoms. The van der Waals surface area contributed by atoms with Crippen LogP contribution >= 0.6 is 0 Å². The average molecular weight is 192 g/mol. The Bertz CT molecular complexity index is 245. The van der Waals surface area contributed by atoms with Gasteiger partial charge in [0.25, 0.3) is 0 Å². The van der Waals surface area contributed by atoms with Gasteiger partial charge in [-0.05, 0) is 25.5 Å². The number of hydrogen-bond acceptors (Lipinski definition) is 2. The highest BCUT2D eigenvalue weighted by Gasteiger charge is 2.11. The summed E-state index contributed by atoms with van der Waals surface area (Å²) < 4.78 is 0. The average Bonchev–Trinajstić information content (AvgIpc) is 2.21. The highest BCUT2D eigenvalue weighted by atomic mass is 15.2. The highest BCUT2D eigenvalue weighted by Crippen LogP contribution is 2.13. The molecule has 1 saturated heterocycles. The number of nitrogens with zero attached hydrogens (tertiary/aromatic N) is 1. The van der Waals surface area contributed by atoms with Crippen LogP contribution in [0.1, 0.15) is 13.8 Å². The van der Waals surface area contributed by atoms with Crippen LogP contribution in [-0.4, -0.2) is 31.1 Å². The molecule has 1 aliphatic rings. The van der Waals surface area contributed by atoms with Gasteiger partial charge in [0, 0.05) is 31.9 Å². The van der Waals surface area contributed by atoms with Crippen LogP contribution < -0.4 is 5.32 Å². The summed E-state index contributed by atoms with van der Waals surface area (Å²) in [6.07, 6.45) is 6.17. The Balaban J connectivity index is 2.78. The zero-order chi connectivity index (χ0) is 10.4. The monoisotopic (exact) mass is 192 g/mol. The van der Waals surface area contributed by atoms with E-state index in [1.54, 1.807) is 0 Å². The van der Waals surface area contributed by atoms with E-state index in [1.807, 2.05) is 13.0 Å². The minimum atomic E-state index is 1.07. The Morgan fingerprint density at radius 3 is 2.50 bits per heavy atom. The van der Waals surface area contributed by atoms with Gasteiger partial charge >= 0.3 is 0 Å². The first-order valence-electron chi connectivity index (χ1n) is 5.21. The predicted molar refractivity (Wildman–Crippen MR) is 62.2 cm³/mol. The van der Waals surface area contributed by atoms with Crippen molar-refractivity contribution < 1.29 is 0 Å². The Kier molecular flexibility index (Phi) is 4.47. The second-order valence-corrected chi connectivity index (χ2v) is 3.51. The van der Waals surface area contributed by atoms with E-state index in [4.69, 9.17) is 0 Å². The number of nitrogens with one attached hydrogen (secondary N) is 1. The van der Waals surface area contributed by atoms with Gasteiger partial charge in [0.1, 0.15) is 0 Å². The maximum Gasteiger partial charge on any atom is 0.0390 e. The van der Waals surface area contributed by atoms with Gasteiger partial charge in [0.15, 0.2) is 0 Å². The third-order valence-electron chi connectivity index (χ3n) is 2.47. The smallest absolute Gasteiger partial charge is 0.0390 e. The van der Waals surface area contributed by atoms with Crippen LogP contribution in [0.15, 0.2) is 36.1 Å². The van der Waals surface area contributed by atoms with E-state index in [-0.39, 0.29) is 0 Å². The Hall–Kier alpha value is -1.02. The zero-order valence-electron chi connectivity index (χ0n) is 9.21. The molecule has 0 aliphatic carbocycles. The second-order valence-electron chi connectivity index (χ2n) is 3.51. The lowest BCUT2D eigenvalue weighted by Gasteiger charge is -2.31. The molecule has 0 aromatic rings. The molecule has 2 nitrogen and oxygen atoms in total. The van der Waals surface area contributed by atoms with Gasteiger partial charge in [-0.15, -0.1) is 0 Å². The maximum absolute atomic E-state index is 3.89.